The molecule has 3 N–H and O–H groups in total. The second-order valence-corrected chi connectivity index (χ2v) is 28.5. The molecule has 0 aliphatic carbocycles. The fourth-order valence-corrected chi connectivity index (χ4v) is 12.2. The van der Waals surface area contributed by atoms with Crippen molar-refractivity contribution in [3.8, 4) is 0 Å². The number of unbranched alkanes of at least 4 members (excludes halogenated alkanes) is 42. The maximum atomic E-state index is 13.0. The molecule has 5 atom stereocenters. The van der Waals surface area contributed by atoms with Crippen LogP contribution in [0, 0.1) is 0 Å². The smallest absolute Gasteiger partial charge is 0.462 e. The number of hydrogen-bond donors (Lipinski definition) is 3. The third-order valence-corrected chi connectivity index (χ3v) is 18.3. The average Bonchev–Trinajstić information content (AvgIpc) is 2.39. The van der Waals surface area contributed by atoms with Gasteiger partial charge < -0.3 is 33.8 Å². The molecule has 0 aliphatic rings. The molecule has 0 fully saturated rings. The Morgan fingerprint density at radius 1 is 0.293 bits per heavy atom. The molecule has 0 spiro atoms. The van der Waals surface area contributed by atoms with Crippen LogP contribution in [-0.4, -0.2) is 96.7 Å². The summed E-state index contributed by atoms with van der Waals surface area (Å²) in [6.07, 6.45) is 58.9. The zero-order valence-electron chi connectivity index (χ0n) is 59.0. The van der Waals surface area contributed by atoms with Gasteiger partial charge in [-0.25, -0.2) is 9.13 Å². The van der Waals surface area contributed by atoms with Crippen molar-refractivity contribution in [1.82, 2.24) is 0 Å². The number of phosphoric ester groups is 2. The molecule has 0 aliphatic heterocycles. The third-order valence-electron chi connectivity index (χ3n) is 16.4. The molecule has 0 bridgehead atoms. The zero-order chi connectivity index (χ0) is 67.5. The number of esters is 4. The van der Waals surface area contributed by atoms with Gasteiger partial charge >= 0.3 is 39.5 Å². The molecule has 0 saturated heterocycles. The van der Waals surface area contributed by atoms with Gasteiger partial charge in [0.1, 0.15) is 19.3 Å². The van der Waals surface area contributed by atoms with Crippen molar-refractivity contribution in [3.05, 3.63) is 24.3 Å². The fourth-order valence-electron chi connectivity index (χ4n) is 10.6. The molecule has 0 aromatic heterocycles. The number of hydrogen-bond acceptors (Lipinski definition) is 15. The predicted molar refractivity (Wildman–Crippen MR) is 372 cm³/mol. The summed E-state index contributed by atoms with van der Waals surface area (Å²) in [6.45, 7) is 4.88. The first-order chi connectivity index (χ1) is 44.7. The van der Waals surface area contributed by atoms with Crippen LogP contribution in [0.2, 0.25) is 0 Å². The predicted octanol–water partition coefficient (Wildman–Crippen LogP) is 21.0. The van der Waals surface area contributed by atoms with Gasteiger partial charge in [-0.2, -0.15) is 0 Å². The van der Waals surface area contributed by atoms with Crippen LogP contribution in [0.3, 0.4) is 0 Å². The highest BCUT2D eigenvalue weighted by Crippen LogP contribution is 2.45. The lowest BCUT2D eigenvalue weighted by Crippen LogP contribution is -2.30. The average molecular weight is 1350 g/mol. The SMILES string of the molecule is CCCC/C=C\CCCCCCCC(=O)OCC(COP(=O)(O)OCC(O)COP(=O)(O)OCC(COC(=O)CCCCCCC/C=C\CCCCCCCC)OC(=O)CCCCCCCCCCCCCCCCC)OC(=O)CCCCCCCCCCCCC. The number of allylic oxidation sites excluding steroid dienone is 4. The molecular formula is C73H138O17P2. The number of carbonyl (C=O) groups excluding carboxylic acids is 4. The number of aliphatic hydroxyl groups is 1. The monoisotopic (exact) mass is 1350 g/mol. The van der Waals surface area contributed by atoms with E-state index in [1.807, 2.05) is 0 Å². The van der Waals surface area contributed by atoms with E-state index in [9.17, 15) is 43.2 Å². The van der Waals surface area contributed by atoms with Crippen LogP contribution in [0.15, 0.2) is 24.3 Å². The Morgan fingerprint density at radius 3 is 0.783 bits per heavy atom. The third kappa shape index (κ3) is 66.2. The van der Waals surface area contributed by atoms with Gasteiger partial charge in [0.15, 0.2) is 12.2 Å². The van der Waals surface area contributed by atoms with Crippen molar-refractivity contribution in [2.24, 2.45) is 0 Å². The van der Waals surface area contributed by atoms with E-state index in [1.54, 1.807) is 0 Å². The summed E-state index contributed by atoms with van der Waals surface area (Å²) in [6, 6.07) is 0. The van der Waals surface area contributed by atoms with Gasteiger partial charge in [-0.3, -0.25) is 37.3 Å². The second kappa shape index (κ2) is 67.1. The molecule has 17 nitrogen and oxygen atoms in total. The maximum Gasteiger partial charge on any atom is 0.472 e. The lowest BCUT2D eigenvalue weighted by atomic mass is 10.0. The van der Waals surface area contributed by atoms with E-state index in [1.165, 1.54) is 154 Å². The Kier molecular flexibility index (Phi) is 65.3. The lowest BCUT2D eigenvalue weighted by Gasteiger charge is -2.21. The normalized spacial score (nSPS) is 14.1. The quantitative estimate of drug-likeness (QED) is 0.0169. The van der Waals surface area contributed by atoms with Crippen molar-refractivity contribution in [2.75, 3.05) is 39.6 Å². The highest BCUT2D eigenvalue weighted by atomic mass is 31.2. The van der Waals surface area contributed by atoms with E-state index < -0.39 is 97.5 Å². The highest BCUT2D eigenvalue weighted by molar-refractivity contribution is 7.47. The minimum Gasteiger partial charge on any atom is -0.462 e. The van der Waals surface area contributed by atoms with Gasteiger partial charge in [0.2, 0.25) is 0 Å². The standard InChI is InChI=1S/C73H138O17P2/c1-5-9-13-17-21-25-29-31-33-35-39-42-46-50-54-58-71(76)84-64-69(90-73(78)60-56-52-48-44-40-36-34-32-30-26-22-18-14-10-6-2)66-88-92(81,82)86-62-67(74)61-85-91(79,80)87-65-68(89-72(77)59-55-51-47-43-38-28-24-20-16-12-8-4)63-83-70(75)57-53-49-45-41-37-27-23-19-15-11-7-3/h19,23,31,33,67-69,74H,5-18,20-22,24-30,32,34-66H2,1-4H3,(H,79,80)(H,81,82)/b23-19-,33-31-. The summed E-state index contributed by atoms with van der Waals surface area (Å²) in [4.78, 5) is 72.6. The van der Waals surface area contributed by atoms with Gasteiger partial charge in [0.05, 0.1) is 26.4 Å². The fraction of sp³-hybridized carbons (Fsp3) is 0.890. The summed E-state index contributed by atoms with van der Waals surface area (Å²) in [5, 5.41) is 10.6. The lowest BCUT2D eigenvalue weighted by molar-refractivity contribution is -0.161. The first-order valence-electron chi connectivity index (χ1n) is 37.6. The number of rotatable bonds is 72. The molecule has 0 aromatic carbocycles. The molecule has 0 radical (unpaired) electrons. The largest absolute Gasteiger partial charge is 0.472 e. The molecule has 19 heteroatoms. The highest BCUT2D eigenvalue weighted by Gasteiger charge is 2.30. The Balaban J connectivity index is 5.27. The Morgan fingerprint density at radius 2 is 0.511 bits per heavy atom. The summed E-state index contributed by atoms with van der Waals surface area (Å²) in [7, 11) is -9.91. The van der Waals surface area contributed by atoms with Crippen molar-refractivity contribution in [3.63, 3.8) is 0 Å². The minimum absolute atomic E-state index is 0.102. The van der Waals surface area contributed by atoms with Crippen LogP contribution in [-0.2, 0) is 65.4 Å². The summed E-state index contributed by atoms with van der Waals surface area (Å²) in [5.41, 5.74) is 0. The van der Waals surface area contributed by atoms with Crippen LogP contribution < -0.4 is 0 Å². The van der Waals surface area contributed by atoms with E-state index >= 15 is 0 Å². The Labute approximate surface area is 561 Å². The van der Waals surface area contributed by atoms with Gasteiger partial charge in [-0.15, -0.1) is 0 Å². The Hall–Kier alpha value is -2.46. The Bertz CT molecular complexity index is 1850. The van der Waals surface area contributed by atoms with Crippen molar-refractivity contribution < 1.29 is 80.2 Å². The van der Waals surface area contributed by atoms with Crippen LogP contribution in [0.25, 0.3) is 0 Å². The minimum atomic E-state index is -4.96. The van der Waals surface area contributed by atoms with E-state index in [4.69, 9.17) is 37.0 Å². The van der Waals surface area contributed by atoms with E-state index in [-0.39, 0.29) is 25.7 Å². The van der Waals surface area contributed by atoms with Gasteiger partial charge in [-0.1, -0.05) is 290 Å². The van der Waals surface area contributed by atoms with Crippen LogP contribution in [0.5, 0.6) is 0 Å². The maximum absolute atomic E-state index is 13.0. The molecule has 0 heterocycles. The van der Waals surface area contributed by atoms with E-state index in [0.717, 1.165) is 128 Å². The summed E-state index contributed by atoms with van der Waals surface area (Å²) in [5.74, 6) is -2.15. The summed E-state index contributed by atoms with van der Waals surface area (Å²) < 4.78 is 68.3. The van der Waals surface area contributed by atoms with Crippen LogP contribution in [0.4, 0.5) is 0 Å². The number of aliphatic hydroxyl groups excluding tert-OH is 1. The van der Waals surface area contributed by atoms with Crippen LogP contribution in [0.1, 0.15) is 362 Å². The van der Waals surface area contributed by atoms with Gasteiger partial charge in [0, 0.05) is 25.7 Å². The first-order valence-corrected chi connectivity index (χ1v) is 40.6. The second-order valence-electron chi connectivity index (χ2n) is 25.6. The summed E-state index contributed by atoms with van der Waals surface area (Å²) >= 11 is 0. The van der Waals surface area contributed by atoms with Gasteiger partial charge in [0.25, 0.3) is 0 Å². The van der Waals surface area contributed by atoms with Crippen molar-refractivity contribution >= 4 is 39.5 Å². The number of ether oxygens (including phenoxy) is 4. The molecule has 0 saturated carbocycles. The molecule has 5 unspecified atom stereocenters. The zero-order valence-corrected chi connectivity index (χ0v) is 60.8. The molecule has 542 valence electrons. The molecule has 0 amide bonds. The number of carbonyl (C=O) groups is 4. The van der Waals surface area contributed by atoms with Gasteiger partial charge in [-0.05, 0) is 70.6 Å². The topological polar surface area (TPSA) is 237 Å². The van der Waals surface area contributed by atoms with E-state index in [2.05, 4.69) is 52.0 Å². The number of phosphoric acid groups is 2. The molecular weight excluding hydrogens is 1210 g/mol. The molecule has 0 aromatic rings. The van der Waals surface area contributed by atoms with E-state index in [0.29, 0.717) is 25.7 Å². The molecule has 92 heavy (non-hydrogen) atoms. The van der Waals surface area contributed by atoms with Crippen LogP contribution >= 0.6 is 15.6 Å². The first kappa shape index (κ1) is 89.5. The molecule has 0 rings (SSSR count). The van der Waals surface area contributed by atoms with Crippen molar-refractivity contribution in [1.29, 1.82) is 0 Å². The van der Waals surface area contributed by atoms with Crippen molar-refractivity contribution in [2.45, 2.75) is 380 Å².